The van der Waals surface area contributed by atoms with E-state index in [1.165, 1.54) is 44.9 Å². The summed E-state index contributed by atoms with van der Waals surface area (Å²) in [6.07, 6.45) is 11.0. The van der Waals surface area contributed by atoms with E-state index in [4.69, 9.17) is 4.74 Å². The molecule has 5 nitrogen and oxygen atoms in total. The van der Waals surface area contributed by atoms with E-state index in [0.717, 1.165) is 28.1 Å². The van der Waals surface area contributed by atoms with Crippen molar-refractivity contribution in [3.63, 3.8) is 0 Å². The largest absolute Gasteiger partial charge is 0.492 e. The molecule has 0 aromatic heterocycles. The Labute approximate surface area is 175 Å². The molecule has 0 bridgehead atoms. The first-order valence-electron chi connectivity index (χ1n) is 10.2. The lowest BCUT2D eigenvalue weighted by Crippen LogP contribution is -2.50. The third-order valence-electron chi connectivity index (χ3n) is 5.61. The predicted octanol–water partition coefficient (Wildman–Crippen LogP) is 4.45. The highest BCUT2D eigenvalue weighted by Gasteiger charge is 2.31. The molecule has 0 spiro atoms. The second-order valence-corrected chi connectivity index (χ2v) is 8.68. The predicted molar refractivity (Wildman–Crippen MR) is 113 cm³/mol. The Morgan fingerprint density at radius 3 is 2.46 bits per heavy atom. The lowest BCUT2D eigenvalue weighted by Gasteiger charge is -2.23. The quantitative estimate of drug-likeness (QED) is 0.455. The van der Waals surface area contributed by atoms with Crippen LogP contribution in [0.4, 0.5) is 0 Å². The highest BCUT2D eigenvalue weighted by Crippen LogP contribution is 2.29. The Balaban J connectivity index is 1.44. The van der Waals surface area contributed by atoms with E-state index in [1.54, 1.807) is 0 Å². The SMILES string of the molecule is C=C1NC(=O)C(Cc2ccc(OCCCCC3CCCCC3)c(Br)c2)C(=O)N1. The van der Waals surface area contributed by atoms with Crippen LogP contribution in [0.3, 0.4) is 0 Å². The summed E-state index contributed by atoms with van der Waals surface area (Å²) in [5.41, 5.74) is 0.902. The molecule has 0 radical (unpaired) electrons. The Morgan fingerprint density at radius 1 is 1.07 bits per heavy atom. The normalized spacial score (nSPS) is 18.7. The van der Waals surface area contributed by atoms with Crippen molar-refractivity contribution in [2.75, 3.05) is 6.61 Å². The van der Waals surface area contributed by atoms with Crippen LogP contribution in [-0.2, 0) is 16.0 Å². The van der Waals surface area contributed by atoms with Crippen molar-refractivity contribution in [2.45, 2.75) is 57.8 Å². The molecule has 1 aliphatic heterocycles. The van der Waals surface area contributed by atoms with Crippen molar-refractivity contribution in [2.24, 2.45) is 11.8 Å². The third kappa shape index (κ3) is 5.84. The zero-order chi connectivity index (χ0) is 19.9. The van der Waals surface area contributed by atoms with Gasteiger partial charge in [0, 0.05) is 0 Å². The van der Waals surface area contributed by atoms with Gasteiger partial charge in [-0.1, -0.05) is 51.2 Å². The molecule has 3 rings (SSSR count). The van der Waals surface area contributed by atoms with Crippen molar-refractivity contribution in [1.82, 2.24) is 10.6 Å². The van der Waals surface area contributed by atoms with Crippen molar-refractivity contribution >= 4 is 27.7 Å². The van der Waals surface area contributed by atoms with E-state index >= 15 is 0 Å². The number of rotatable bonds is 8. The lowest BCUT2D eigenvalue weighted by molar-refractivity contribution is -0.136. The van der Waals surface area contributed by atoms with E-state index in [1.807, 2.05) is 18.2 Å². The molecule has 1 aromatic rings. The first-order valence-corrected chi connectivity index (χ1v) is 11.0. The van der Waals surface area contributed by atoms with Gasteiger partial charge >= 0.3 is 0 Å². The number of hydrogen-bond acceptors (Lipinski definition) is 3. The molecule has 2 amide bonds. The second kappa shape index (κ2) is 10.1. The summed E-state index contributed by atoms with van der Waals surface area (Å²) in [6, 6.07) is 5.73. The molecular weight excluding hydrogens is 420 g/mol. The van der Waals surface area contributed by atoms with Crippen LogP contribution in [0.15, 0.2) is 35.1 Å². The molecule has 152 valence electrons. The maximum atomic E-state index is 12.0. The van der Waals surface area contributed by atoms with Gasteiger partial charge in [0.05, 0.1) is 11.1 Å². The molecule has 2 N–H and O–H groups in total. The summed E-state index contributed by atoms with van der Waals surface area (Å²) < 4.78 is 6.76. The highest BCUT2D eigenvalue weighted by atomic mass is 79.9. The first-order chi connectivity index (χ1) is 13.5. The fourth-order valence-corrected chi connectivity index (χ4v) is 4.57. The Kier molecular flexibility index (Phi) is 7.54. The average molecular weight is 449 g/mol. The number of carbonyl (C=O) groups excluding carboxylic acids is 2. The molecule has 2 fully saturated rings. The summed E-state index contributed by atoms with van der Waals surface area (Å²) in [7, 11) is 0. The number of hydrogen-bond donors (Lipinski definition) is 2. The van der Waals surface area contributed by atoms with Crippen molar-refractivity contribution in [3.05, 3.63) is 40.6 Å². The molecule has 0 atom stereocenters. The monoisotopic (exact) mass is 448 g/mol. The van der Waals surface area contributed by atoms with Crippen LogP contribution in [0.25, 0.3) is 0 Å². The first kappa shape index (κ1) is 20.9. The highest BCUT2D eigenvalue weighted by molar-refractivity contribution is 9.10. The van der Waals surface area contributed by atoms with Crippen LogP contribution in [-0.4, -0.2) is 18.4 Å². The Hall–Kier alpha value is -1.82. The molecular formula is C22H29BrN2O3. The van der Waals surface area contributed by atoms with Gasteiger partial charge in [-0.25, -0.2) is 0 Å². The minimum Gasteiger partial charge on any atom is -0.492 e. The number of halogens is 1. The number of nitrogens with one attached hydrogen (secondary N) is 2. The molecule has 6 heteroatoms. The molecule has 0 unspecified atom stereocenters. The van der Waals surface area contributed by atoms with Gasteiger partial charge in [-0.2, -0.15) is 0 Å². The topological polar surface area (TPSA) is 67.4 Å². The zero-order valence-electron chi connectivity index (χ0n) is 16.3. The maximum Gasteiger partial charge on any atom is 0.238 e. The maximum absolute atomic E-state index is 12.0. The fraction of sp³-hybridized carbons (Fsp3) is 0.545. The van der Waals surface area contributed by atoms with Gasteiger partial charge in [-0.15, -0.1) is 0 Å². The van der Waals surface area contributed by atoms with Crippen LogP contribution in [0.5, 0.6) is 5.75 Å². The second-order valence-electron chi connectivity index (χ2n) is 7.83. The average Bonchev–Trinajstić information content (AvgIpc) is 2.66. The Morgan fingerprint density at radius 2 is 1.79 bits per heavy atom. The number of unbranched alkanes of at least 4 members (excludes halogenated alkanes) is 1. The van der Waals surface area contributed by atoms with E-state index in [2.05, 4.69) is 33.1 Å². The molecule has 28 heavy (non-hydrogen) atoms. The molecule has 1 heterocycles. The van der Waals surface area contributed by atoms with Crippen LogP contribution >= 0.6 is 15.9 Å². The van der Waals surface area contributed by atoms with Gasteiger partial charge in [0.15, 0.2) is 0 Å². The number of benzene rings is 1. The van der Waals surface area contributed by atoms with E-state index in [9.17, 15) is 9.59 Å². The number of amides is 2. The Bertz CT molecular complexity index is 708. The number of ether oxygens (including phenoxy) is 1. The minimum atomic E-state index is -0.746. The summed E-state index contributed by atoms with van der Waals surface area (Å²) in [6.45, 7) is 4.27. The van der Waals surface area contributed by atoms with Gasteiger partial charge < -0.3 is 15.4 Å². The van der Waals surface area contributed by atoms with E-state index < -0.39 is 5.92 Å². The van der Waals surface area contributed by atoms with E-state index in [-0.39, 0.29) is 17.6 Å². The summed E-state index contributed by atoms with van der Waals surface area (Å²) in [5, 5.41) is 5.14. The van der Waals surface area contributed by atoms with Gasteiger partial charge in [-0.3, -0.25) is 9.59 Å². The molecule has 1 aliphatic carbocycles. The molecule has 1 saturated carbocycles. The van der Waals surface area contributed by atoms with Crippen LogP contribution in [0, 0.1) is 11.8 Å². The van der Waals surface area contributed by atoms with Crippen LogP contribution in [0.1, 0.15) is 56.9 Å². The minimum absolute atomic E-state index is 0.236. The summed E-state index contributed by atoms with van der Waals surface area (Å²) >= 11 is 3.54. The smallest absolute Gasteiger partial charge is 0.238 e. The van der Waals surface area contributed by atoms with Gasteiger partial charge in [0.1, 0.15) is 17.5 Å². The summed E-state index contributed by atoms with van der Waals surface area (Å²) in [4.78, 5) is 24.0. The lowest BCUT2D eigenvalue weighted by atomic mass is 9.86. The number of carbonyl (C=O) groups is 2. The van der Waals surface area contributed by atoms with Crippen molar-refractivity contribution in [1.29, 1.82) is 0 Å². The molecule has 2 aliphatic rings. The molecule has 1 saturated heterocycles. The van der Waals surface area contributed by atoms with Gasteiger partial charge in [0.25, 0.3) is 0 Å². The van der Waals surface area contributed by atoms with E-state index in [0.29, 0.717) is 13.0 Å². The summed E-state index contributed by atoms with van der Waals surface area (Å²) in [5.74, 6) is 0.577. The molecule has 1 aromatic carbocycles. The van der Waals surface area contributed by atoms with Crippen molar-refractivity contribution < 1.29 is 14.3 Å². The van der Waals surface area contributed by atoms with Gasteiger partial charge in [0.2, 0.25) is 11.8 Å². The van der Waals surface area contributed by atoms with Crippen LogP contribution in [0.2, 0.25) is 0 Å². The van der Waals surface area contributed by atoms with Crippen molar-refractivity contribution in [3.8, 4) is 5.75 Å². The van der Waals surface area contributed by atoms with Crippen LogP contribution < -0.4 is 15.4 Å². The third-order valence-corrected chi connectivity index (χ3v) is 6.23. The van der Waals surface area contributed by atoms with Gasteiger partial charge in [-0.05, 0) is 58.8 Å². The fourth-order valence-electron chi connectivity index (χ4n) is 4.02. The standard InChI is InChI=1S/C22H29BrN2O3/c1-15-24-21(26)18(22(27)25-15)13-17-10-11-20(19(23)14-17)28-12-6-5-9-16-7-3-2-4-8-16/h10-11,14,16,18H,1-9,12-13H2,(H,24,26)(H,25,27). The zero-order valence-corrected chi connectivity index (χ0v) is 17.9.